The molecular weight excluding hydrogens is 136 g/mol. The number of unbranched alkanes of at least 4 members (excludes halogenated alkanes) is 2. The zero-order valence-corrected chi connectivity index (χ0v) is 6.92. The molecule has 1 atom stereocenters. The molecule has 0 aliphatic rings. The summed E-state index contributed by atoms with van der Waals surface area (Å²) in [6.07, 6.45) is 11.1. The Morgan fingerprint density at radius 2 is 2.27 bits per heavy atom. The molecule has 0 aliphatic heterocycles. The standard InChI is InChI=1S/C10H16O/c1-3-5-6-7-9-10(11)8-4-2/h2-3,10-11H,1,5-9H2/t10-/m1/s1. The van der Waals surface area contributed by atoms with Crippen LogP contribution in [0.1, 0.15) is 32.1 Å². The molecule has 1 heteroatoms. The summed E-state index contributed by atoms with van der Waals surface area (Å²) in [7, 11) is 0. The third-order valence-electron chi connectivity index (χ3n) is 1.55. The minimum absolute atomic E-state index is 0.301. The van der Waals surface area contributed by atoms with Gasteiger partial charge in [-0.15, -0.1) is 18.9 Å². The van der Waals surface area contributed by atoms with E-state index in [1.165, 1.54) is 0 Å². The fourth-order valence-electron chi connectivity index (χ4n) is 0.907. The van der Waals surface area contributed by atoms with Crippen LogP contribution in [0.4, 0.5) is 0 Å². The highest BCUT2D eigenvalue weighted by molar-refractivity contribution is 4.86. The summed E-state index contributed by atoms with van der Waals surface area (Å²) in [6, 6.07) is 0. The fourth-order valence-corrected chi connectivity index (χ4v) is 0.907. The molecule has 62 valence electrons. The number of terminal acetylenes is 1. The van der Waals surface area contributed by atoms with E-state index in [0.29, 0.717) is 6.42 Å². The third-order valence-corrected chi connectivity index (χ3v) is 1.55. The molecule has 0 aromatic rings. The van der Waals surface area contributed by atoms with Crippen LogP contribution >= 0.6 is 0 Å². The lowest BCUT2D eigenvalue weighted by atomic mass is 10.1. The summed E-state index contributed by atoms with van der Waals surface area (Å²) in [6.45, 7) is 3.62. The van der Waals surface area contributed by atoms with Crippen molar-refractivity contribution in [1.29, 1.82) is 0 Å². The van der Waals surface area contributed by atoms with Crippen LogP contribution in [-0.2, 0) is 0 Å². The van der Waals surface area contributed by atoms with Crippen molar-refractivity contribution in [2.75, 3.05) is 0 Å². The van der Waals surface area contributed by atoms with Gasteiger partial charge >= 0.3 is 0 Å². The molecular formula is C10H16O. The van der Waals surface area contributed by atoms with Crippen LogP contribution in [0.2, 0.25) is 0 Å². The topological polar surface area (TPSA) is 20.2 Å². The number of hydrogen-bond donors (Lipinski definition) is 1. The SMILES string of the molecule is C#CC[C@@H](O)CCCCC=C. The van der Waals surface area contributed by atoms with E-state index in [0.717, 1.165) is 25.7 Å². The molecule has 0 aliphatic carbocycles. The van der Waals surface area contributed by atoms with Gasteiger partial charge in [0.2, 0.25) is 0 Å². The average Bonchev–Trinajstić information content (AvgIpc) is 1.99. The largest absolute Gasteiger partial charge is 0.392 e. The number of rotatable bonds is 6. The number of hydrogen-bond acceptors (Lipinski definition) is 1. The summed E-state index contributed by atoms with van der Waals surface area (Å²) in [5.41, 5.74) is 0. The Morgan fingerprint density at radius 3 is 2.82 bits per heavy atom. The molecule has 0 unspecified atom stereocenters. The van der Waals surface area contributed by atoms with E-state index in [9.17, 15) is 5.11 Å². The molecule has 1 N–H and O–H groups in total. The monoisotopic (exact) mass is 152 g/mol. The zero-order valence-electron chi connectivity index (χ0n) is 6.92. The van der Waals surface area contributed by atoms with E-state index in [2.05, 4.69) is 12.5 Å². The van der Waals surface area contributed by atoms with Crippen molar-refractivity contribution < 1.29 is 5.11 Å². The van der Waals surface area contributed by atoms with Gasteiger partial charge in [-0.2, -0.15) is 0 Å². The van der Waals surface area contributed by atoms with E-state index in [4.69, 9.17) is 6.42 Å². The Hall–Kier alpha value is -0.740. The molecule has 0 saturated heterocycles. The van der Waals surface area contributed by atoms with Crippen LogP contribution in [0.5, 0.6) is 0 Å². The Balaban J connectivity index is 3.11. The van der Waals surface area contributed by atoms with Crippen molar-refractivity contribution in [3.8, 4) is 12.3 Å². The summed E-state index contributed by atoms with van der Waals surface area (Å²) < 4.78 is 0. The summed E-state index contributed by atoms with van der Waals surface area (Å²) in [5, 5.41) is 9.18. The highest BCUT2D eigenvalue weighted by atomic mass is 16.3. The maximum Gasteiger partial charge on any atom is 0.0649 e. The van der Waals surface area contributed by atoms with Gasteiger partial charge < -0.3 is 5.11 Å². The van der Waals surface area contributed by atoms with Crippen LogP contribution in [0.3, 0.4) is 0 Å². The van der Waals surface area contributed by atoms with Crippen molar-refractivity contribution in [1.82, 2.24) is 0 Å². The first-order valence-electron chi connectivity index (χ1n) is 4.03. The Bertz CT molecular complexity index is 132. The Labute approximate surface area is 69.1 Å². The van der Waals surface area contributed by atoms with Gasteiger partial charge in [-0.3, -0.25) is 0 Å². The second-order valence-electron chi connectivity index (χ2n) is 2.64. The van der Waals surface area contributed by atoms with Gasteiger partial charge in [-0.05, 0) is 19.3 Å². The van der Waals surface area contributed by atoms with E-state index < -0.39 is 0 Å². The number of aliphatic hydroxyl groups is 1. The molecule has 0 heterocycles. The predicted octanol–water partition coefficient (Wildman–Crippen LogP) is 2.12. The van der Waals surface area contributed by atoms with Crippen LogP contribution < -0.4 is 0 Å². The maximum absolute atomic E-state index is 9.18. The molecule has 0 saturated carbocycles. The van der Waals surface area contributed by atoms with Gasteiger partial charge in [0.05, 0.1) is 6.10 Å². The van der Waals surface area contributed by atoms with Crippen LogP contribution in [0, 0.1) is 12.3 Å². The van der Waals surface area contributed by atoms with E-state index >= 15 is 0 Å². The highest BCUT2D eigenvalue weighted by Gasteiger charge is 1.99. The lowest BCUT2D eigenvalue weighted by Gasteiger charge is -2.04. The van der Waals surface area contributed by atoms with Crippen LogP contribution in [0.15, 0.2) is 12.7 Å². The van der Waals surface area contributed by atoms with Crippen molar-refractivity contribution in [3.63, 3.8) is 0 Å². The van der Waals surface area contributed by atoms with E-state index in [-0.39, 0.29) is 6.10 Å². The van der Waals surface area contributed by atoms with Crippen LogP contribution in [-0.4, -0.2) is 11.2 Å². The predicted molar refractivity (Wildman–Crippen MR) is 48.1 cm³/mol. The molecule has 0 spiro atoms. The molecule has 0 radical (unpaired) electrons. The highest BCUT2D eigenvalue weighted by Crippen LogP contribution is 2.05. The number of allylic oxidation sites excluding steroid dienone is 1. The van der Waals surface area contributed by atoms with Gasteiger partial charge in [0.1, 0.15) is 0 Å². The average molecular weight is 152 g/mol. The van der Waals surface area contributed by atoms with Gasteiger partial charge in [0.15, 0.2) is 0 Å². The Morgan fingerprint density at radius 1 is 1.55 bits per heavy atom. The maximum atomic E-state index is 9.18. The van der Waals surface area contributed by atoms with E-state index in [1.54, 1.807) is 0 Å². The lowest BCUT2D eigenvalue weighted by molar-refractivity contribution is 0.166. The van der Waals surface area contributed by atoms with Gasteiger partial charge in [0, 0.05) is 6.42 Å². The van der Waals surface area contributed by atoms with Crippen molar-refractivity contribution >= 4 is 0 Å². The fraction of sp³-hybridized carbons (Fsp3) is 0.600. The molecule has 0 rings (SSSR count). The van der Waals surface area contributed by atoms with Crippen molar-refractivity contribution in [2.24, 2.45) is 0 Å². The minimum Gasteiger partial charge on any atom is -0.392 e. The normalized spacial score (nSPS) is 12.0. The molecule has 0 aromatic carbocycles. The minimum atomic E-state index is -0.301. The molecule has 0 fully saturated rings. The van der Waals surface area contributed by atoms with Gasteiger partial charge in [-0.1, -0.05) is 12.5 Å². The van der Waals surface area contributed by atoms with Crippen molar-refractivity contribution in [3.05, 3.63) is 12.7 Å². The quantitative estimate of drug-likeness (QED) is 0.351. The first-order chi connectivity index (χ1) is 5.31. The molecule has 1 nitrogen and oxygen atoms in total. The summed E-state index contributed by atoms with van der Waals surface area (Å²) >= 11 is 0. The lowest BCUT2D eigenvalue weighted by Crippen LogP contribution is -2.04. The zero-order chi connectivity index (χ0) is 8.53. The summed E-state index contributed by atoms with van der Waals surface area (Å²) in [5.74, 6) is 2.44. The molecule has 0 amide bonds. The van der Waals surface area contributed by atoms with Gasteiger partial charge in [0.25, 0.3) is 0 Å². The Kier molecular flexibility index (Phi) is 6.87. The second kappa shape index (κ2) is 7.37. The van der Waals surface area contributed by atoms with E-state index in [1.807, 2.05) is 6.08 Å². The summed E-state index contributed by atoms with van der Waals surface area (Å²) in [4.78, 5) is 0. The first-order valence-corrected chi connectivity index (χ1v) is 4.03. The number of aliphatic hydroxyl groups excluding tert-OH is 1. The smallest absolute Gasteiger partial charge is 0.0649 e. The molecule has 11 heavy (non-hydrogen) atoms. The third kappa shape index (κ3) is 7.15. The first kappa shape index (κ1) is 10.3. The van der Waals surface area contributed by atoms with Crippen LogP contribution in [0.25, 0.3) is 0 Å². The molecule has 0 bridgehead atoms. The van der Waals surface area contributed by atoms with Crippen molar-refractivity contribution in [2.45, 2.75) is 38.2 Å². The molecule has 0 aromatic heterocycles. The van der Waals surface area contributed by atoms with Gasteiger partial charge in [-0.25, -0.2) is 0 Å². The second-order valence-corrected chi connectivity index (χ2v) is 2.64.